The van der Waals surface area contributed by atoms with Crippen LogP contribution in [0.25, 0.3) is 0 Å². The van der Waals surface area contributed by atoms with E-state index in [4.69, 9.17) is 4.74 Å². The van der Waals surface area contributed by atoms with Crippen molar-refractivity contribution in [2.75, 3.05) is 5.32 Å². The van der Waals surface area contributed by atoms with Crippen LogP contribution in [0.15, 0.2) is 18.2 Å². The highest BCUT2D eigenvalue weighted by Crippen LogP contribution is 2.33. The summed E-state index contributed by atoms with van der Waals surface area (Å²) >= 11 is 0. The van der Waals surface area contributed by atoms with E-state index in [-0.39, 0.29) is 12.0 Å². The number of ether oxygens (including phenoxy) is 1. The van der Waals surface area contributed by atoms with E-state index in [0.29, 0.717) is 6.07 Å². The minimum Gasteiger partial charge on any atom is -0.444 e. The van der Waals surface area contributed by atoms with Gasteiger partial charge in [0.25, 0.3) is 0 Å². The Labute approximate surface area is 113 Å². The number of halogens is 3. The molecule has 0 heterocycles. The SMILES string of the molecule is CC(C)(C)OC(=O)Nc1ccc(C=O)c(C(F)(F)F)c1. The summed E-state index contributed by atoms with van der Waals surface area (Å²) in [5.74, 6) is 0. The molecule has 0 fully saturated rings. The van der Waals surface area contributed by atoms with Crippen molar-refractivity contribution < 1.29 is 27.5 Å². The Balaban J connectivity index is 2.99. The maximum atomic E-state index is 12.7. The molecule has 0 radical (unpaired) electrons. The number of carbonyl (C=O) groups is 2. The van der Waals surface area contributed by atoms with Crippen LogP contribution in [0.4, 0.5) is 23.7 Å². The zero-order valence-electron chi connectivity index (χ0n) is 11.2. The summed E-state index contributed by atoms with van der Waals surface area (Å²) < 4.78 is 43.1. The van der Waals surface area contributed by atoms with Gasteiger partial charge in [-0.3, -0.25) is 10.1 Å². The smallest absolute Gasteiger partial charge is 0.417 e. The summed E-state index contributed by atoms with van der Waals surface area (Å²) in [6.45, 7) is 4.88. The van der Waals surface area contributed by atoms with E-state index < -0.39 is 29.0 Å². The Bertz CT molecular complexity index is 519. The minimum absolute atomic E-state index is 0.0998. The normalized spacial score (nSPS) is 11.9. The highest BCUT2D eigenvalue weighted by Gasteiger charge is 2.33. The molecule has 1 rings (SSSR count). The van der Waals surface area contributed by atoms with Crippen LogP contribution in [0.3, 0.4) is 0 Å². The molecule has 1 aromatic rings. The van der Waals surface area contributed by atoms with Gasteiger partial charge < -0.3 is 4.74 Å². The van der Waals surface area contributed by atoms with E-state index in [1.54, 1.807) is 20.8 Å². The highest BCUT2D eigenvalue weighted by molar-refractivity contribution is 5.86. The Morgan fingerprint density at radius 1 is 1.25 bits per heavy atom. The van der Waals surface area contributed by atoms with Crippen LogP contribution in [-0.4, -0.2) is 18.0 Å². The minimum atomic E-state index is -4.68. The van der Waals surface area contributed by atoms with E-state index in [1.807, 2.05) is 0 Å². The third kappa shape index (κ3) is 4.56. The van der Waals surface area contributed by atoms with Crippen LogP contribution < -0.4 is 5.32 Å². The van der Waals surface area contributed by atoms with Gasteiger partial charge in [0.15, 0.2) is 6.29 Å². The molecule has 0 bridgehead atoms. The lowest BCUT2D eigenvalue weighted by atomic mass is 10.1. The Morgan fingerprint density at radius 3 is 2.30 bits per heavy atom. The summed E-state index contributed by atoms with van der Waals surface area (Å²) in [6.07, 6.45) is -5.44. The second-order valence-corrected chi connectivity index (χ2v) is 5.04. The van der Waals surface area contributed by atoms with Crippen LogP contribution >= 0.6 is 0 Å². The molecule has 1 aromatic carbocycles. The predicted molar refractivity (Wildman–Crippen MR) is 66.7 cm³/mol. The lowest BCUT2D eigenvalue weighted by molar-refractivity contribution is -0.137. The van der Waals surface area contributed by atoms with Crippen molar-refractivity contribution in [1.29, 1.82) is 0 Å². The van der Waals surface area contributed by atoms with Crippen molar-refractivity contribution in [2.24, 2.45) is 0 Å². The van der Waals surface area contributed by atoms with Crippen LogP contribution in [0.5, 0.6) is 0 Å². The first-order valence-electron chi connectivity index (χ1n) is 5.69. The van der Waals surface area contributed by atoms with Crippen molar-refractivity contribution in [3.8, 4) is 0 Å². The summed E-state index contributed by atoms with van der Waals surface area (Å²) in [5, 5.41) is 2.19. The van der Waals surface area contributed by atoms with Crippen molar-refractivity contribution in [3.63, 3.8) is 0 Å². The quantitative estimate of drug-likeness (QED) is 0.841. The van der Waals surface area contributed by atoms with Crippen LogP contribution in [0, 0.1) is 0 Å². The molecule has 0 atom stereocenters. The number of nitrogens with one attached hydrogen (secondary N) is 1. The number of amides is 1. The summed E-state index contributed by atoms with van der Waals surface area (Å²) in [6, 6.07) is 2.87. The third-order valence-electron chi connectivity index (χ3n) is 2.13. The number of anilines is 1. The zero-order chi connectivity index (χ0) is 15.6. The standard InChI is InChI=1S/C13H14F3NO3/c1-12(2,3)20-11(19)17-9-5-4-8(7-18)10(6-9)13(14,15)16/h4-7H,1-3H3,(H,17,19). The number of alkyl halides is 3. The van der Waals surface area contributed by atoms with Gasteiger partial charge in [-0.1, -0.05) is 0 Å². The van der Waals surface area contributed by atoms with Crippen LogP contribution in [0.1, 0.15) is 36.7 Å². The van der Waals surface area contributed by atoms with Crippen LogP contribution in [-0.2, 0) is 10.9 Å². The van der Waals surface area contributed by atoms with E-state index in [9.17, 15) is 22.8 Å². The van der Waals surface area contributed by atoms with Gasteiger partial charge in [-0.2, -0.15) is 13.2 Å². The molecule has 0 saturated carbocycles. The highest BCUT2D eigenvalue weighted by atomic mass is 19.4. The maximum absolute atomic E-state index is 12.7. The first-order chi connectivity index (χ1) is 9.03. The molecule has 1 N–H and O–H groups in total. The fraction of sp³-hybridized carbons (Fsp3) is 0.385. The summed E-state index contributed by atoms with van der Waals surface area (Å²) in [4.78, 5) is 22.0. The fourth-order valence-electron chi connectivity index (χ4n) is 1.40. The molecule has 7 heteroatoms. The molecule has 20 heavy (non-hydrogen) atoms. The Morgan fingerprint density at radius 2 is 1.85 bits per heavy atom. The largest absolute Gasteiger partial charge is 0.444 e. The molecule has 0 aromatic heterocycles. The number of aldehydes is 1. The predicted octanol–water partition coefficient (Wildman–Crippen LogP) is 3.86. The van der Waals surface area contributed by atoms with Gasteiger partial charge in [0.2, 0.25) is 0 Å². The third-order valence-corrected chi connectivity index (χ3v) is 2.13. The fourth-order valence-corrected chi connectivity index (χ4v) is 1.40. The average Bonchev–Trinajstić information content (AvgIpc) is 2.25. The lowest BCUT2D eigenvalue weighted by Crippen LogP contribution is -2.27. The topological polar surface area (TPSA) is 55.4 Å². The van der Waals surface area contributed by atoms with Gasteiger partial charge in [0.1, 0.15) is 5.60 Å². The van der Waals surface area contributed by atoms with Crippen molar-refractivity contribution in [1.82, 2.24) is 0 Å². The Hall–Kier alpha value is -2.05. The van der Waals surface area contributed by atoms with Gasteiger partial charge in [-0.05, 0) is 39.0 Å². The zero-order valence-corrected chi connectivity index (χ0v) is 11.2. The first-order valence-corrected chi connectivity index (χ1v) is 5.69. The van der Waals surface area contributed by atoms with Crippen molar-refractivity contribution >= 4 is 18.1 Å². The molecule has 0 saturated heterocycles. The summed E-state index contributed by atoms with van der Waals surface area (Å²) in [5.41, 5.74) is -2.47. The van der Waals surface area contributed by atoms with Gasteiger partial charge in [0, 0.05) is 11.3 Å². The number of rotatable bonds is 2. The van der Waals surface area contributed by atoms with Gasteiger partial charge in [0.05, 0.1) is 5.56 Å². The number of carbonyl (C=O) groups excluding carboxylic acids is 2. The lowest BCUT2D eigenvalue weighted by Gasteiger charge is -2.20. The molecule has 0 aliphatic heterocycles. The van der Waals surface area contributed by atoms with Crippen molar-refractivity contribution in [2.45, 2.75) is 32.5 Å². The summed E-state index contributed by atoms with van der Waals surface area (Å²) in [7, 11) is 0. The molecule has 1 amide bonds. The van der Waals surface area contributed by atoms with Gasteiger partial charge in [-0.15, -0.1) is 0 Å². The number of hydrogen-bond acceptors (Lipinski definition) is 3. The molecule has 4 nitrogen and oxygen atoms in total. The molecular weight excluding hydrogens is 275 g/mol. The first kappa shape index (κ1) is 16.0. The monoisotopic (exact) mass is 289 g/mol. The molecule has 0 spiro atoms. The molecular formula is C13H14F3NO3. The van der Waals surface area contributed by atoms with E-state index in [2.05, 4.69) is 5.32 Å². The molecule has 0 unspecified atom stereocenters. The van der Waals surface area contributed by atoms with Gasteiger partial charge in [-0.25, -0.2) is 4.79 Å². The molecule has 0 aliphatic rings. The number of benzene rings is 1. The van der Waals surface area contributed by atoms with E-state index >= 15 is 0 Å². The van der Waals surface area contributed by atoms with Crippen molar-refractivity contribution in [3.05, 3.63) is 29.3 Å². The van der Waals surface area contributed by atoms with E-state index in [0.717, 1.165) is 6.07 Å². The average molecular weight is 289 g/mol. The molecule has 0 aliphatic carbocycles. The Kier molecular flexibility index (Phi) is 4.42. The molecule has 110 valence electrons. The van der Waals surface area contributed by atoms with Gasteiger partial charge >= 0.3 is 12.3 Å². The number of hydrogen-bond donors (Lipinski definition) is 1. The van der Waals surface area contributed by atoms with Crippen LogP contribution in [0.2, 0.25) is 0 Å². The maximum Gasteiger partial charge on any atom is 0.417 e. The second-order valence-electron chi connectivity index (χ2n) is 5.04. The second kappa shape index (κ2) is 5.52. The van der Waals surface area contributed by atoms with E-state index in [1.165, 1.54) is 6.07 Å².